The van der Waals surface area contributed by atoms with Crippen molar-refractivity contribution in [3.63, 3.8) is 0 Å². The molecule has 0 spiro atoms. The van der Waals surface area contributed by atoms with Crippen molar-refractivity contribution in [2.24, 2.45) is 11.7 Å². The molecule has 1 aliphatic heterocycles. The topological polar surface area (TPSA) is 64.3 Å². The number of rotatable bonds is 2. The van der Waals surface area contributed by atoms with Crippen molar-refractivity contribution < 1.29 is 13.9 Å². The molecule has 4 atom stereocenters. The van der Waals surface area contributed by atoms with Crippen LogP contribution in [0.4, 0.5) is 4.39 Å². The number of benzene rings is 1. The molecule has 3 rings (SSSR count). The van der Waals surface area contributed by atoms with Gasteiger partial charge in [-0.3, -0.25) is 4.79 Å². The van der Waals surface area contributed by atoms with Crippen LogP contribution in [0.2, 0.25) is 0 Å². The van der Waals surface area contributed by atoms with E-state index in [1.165, 1.54) is 18.2 Å². The number of halogens is 2. The Bertz CT molecular complexity index is 540. The van der Waals surface area contributed by atoms with Crippen LogP contribution in [0.1, 0.15) is 23.2 Å². The van der Waals surface area contributed by atoms with Gasteiger partial charge in [-0.25, -0.2) is 4.39 Å². The first-order valence-corrected chi connectivity index (χ1v) is 7.50. The highest BCUT2D eigenvalue weighted by molar-refractivity contribution is 9.10. The number of nitrogens with one attached hydrogen (secondary N) is 1. The Morgan fingerprint density at radius 2 is 2.30 bits per heavy atom. The van der Waals surface area contributed by atoms with E-state index in [9.17, 15) is 9.18 Å². The average Bonchev–Trinajstić information content (AvgIpc) is 2.47. The standard InChI is InChI=1S/C14H16BrFN2O2/c15-9-6-7(3-4-10(9)16)14(19)18-12-11(17)8-2-1-5-20-13(8)12/h3-4,6,8,11-13H,1-2,5,17H2,(H,18,19). The number of carbonyl (C=O) groups excluding carboxylic acids is 1. The van der Waals surface area contributed by atoms with E-state index in [0.717, 1.165) is 19.4 Å². The molecule has 6 heteroatoms. The van der Waals surface area contributed by atoms with E-state index in [0.29, 0.717) is 11.5 Å². The number of amides is 1. The van der Waals surface area contributed by atoms with E-state index < -0.39 is 5.82 Å². The number of ether oxygens (including phenoxy) is 1. The molecule has 1 aromatic rings. The van der Waals surface area contributed by atoms with E-state index in [-0.39, 0.29) is 28.6 Å². The Morgan fingerprint density at radius 1 is 1.50 bits per heavy atom. The maximum atomic E-state index is 13.2. The molecule has 20 heavy (non-hydrogen) atoms. The minimum absolute atomic E-state index is 0.0200. The zero-order valence-electron chi connectivity index (χ0n) is 10.8. The van der Waals surface area contributed by atoms with Crippen LogP contribution in [0.5, 0.6) is 0 Å². The van der Waals surface area contributed by atoms with Gasteiger partial charge in [-0.2, -0.15) is 0 Å². The third-order valence-electron chi connectivity index (χ3n) is 4.16. The largest absolute Gasteiger partial charge is 0.376 e. The summed E-state index contributed by atoms with van der Waals surface area (Å²) in [6, 6.07) is 3.97. The second-order valence-electron chi connectivity index (χ2n) is 5.35. The van der Waals surface area contributed by atoms with Gasteiger partial charge in [-0.05, 0) is 47.0 Å². The van der Waals surface area contributed by atoms with Gasteiger partial charge in [0.1, 0.15) is 5.82 Å². The first-order valence-electron chi connectivity index (χ1n) is 6.71. The molecule has 1 heterocycles. The lowest BCUT2D eigenvalue weighted by Gasteiger charge is -2.52. The van der Waals surface area contributed by atoms with Crippen LogP contribution in [0.25, 0.3) is 0 Å². The number of nitrogens with two attached hydrogens (primary N) is 1. The molecule has 1 saturated carbocycles. The average molecular weight is 343 g/mol. The zero-order valence-corrected chi connectivity index (χ0v) is 12.4. The quantitative estimate of drug-likeness (QED) is 0.861. The fourth-order valence-corrected chi connectivity index (χ4v) is 3.38. The maximum Gasteiger partial charge on any atom is 0.251 e. The normalized spacial score (nSPS) is 32.1. The fraction of sp³-hybridized carbons (Fsp3) is 0.500. The van der Waals surface area contributed by atoms with Gasteiger partial charge in [-0.1, -0.05) is 0 Å². The molecule has 1 aliphatic carbocycles. The summed E-state index contributed by atoms with van der Waals surface area (Å²) in [6.07, 6.45) is 2.10. The monoisotopic (exact) mass is 342 g/mol. The van der Waals surface area contributed by atoms with Gasteiger partial charge in [0.05, 0.1) is 16.6 Å². The van der Waals surface area contributed by atoms with E-state index >= 15 is 0 Å². The number of fused-ring (bicyclic) bond motifs is 1. The highest BCUT2D eigenvalue weighted by Crippen LogP contribution is 2.37. The second kappa shape index (κ2) is 5.42. The molecule has 0 bridgehead atoms. The van der Waals surface area contributed by atoms with E-state index in [2.05, 4.69) is 21.2 Å². The molecule has 1 saturated heterocycles. The van der Waals surface area contributed by atoms with Gasteiger partial charge in [0.15, 0.2) is 0 Å². The molecular weight excluding hydrogens is 327 g/mol. The summed E-state index contributed by atoms with van der Waals surface area (Å²) in [6.45, 7) is 0.725. The molecule has 0 radical (unpaired) electrons. The Hall–Kier alpha value is -0.980. The molecular formula is C14H16BrFN2O2. The van der Waals surface area contributed by atoms with Crippen LogP contribution in [0.15, 0.2) is 22.7 Å². The Balaban J connectivity index is 1.68. The van der Waals surface area contributed by atoms with Crippen molar-refractivity contribution in [2.75, 3.05) is 6.61 Å². The van der Waals surface area contributed by atoms with Crippen molar-refractivity contribution in [3.05, 3.63) is 34.1 Å². The van der Waals surface area contributed by atoms with Crippen molar-refractivity contribution in [1.29, 1.82) is 0 Å². The number of hydrogen-bond acceptors (Lipinski definition) is 3. The molecule has 0 aromatic heterocycles. The van der Waals surface area contributed by atoms with Crippen LogP contribution in [0.3, 0.4) is 0 Å². The van der Waals surface area contributed by atoms with Crippen LogP contribution < -0.4 is 11.1 Å². The maximum absolute atomic E-state index is 13.2. The van der Waals surface area contributed by atoms with Gasteiger partial charge in [-0.15, -0.1) is 0 Å². The molecule has 2 fully saturated rings. The Labute approximate surface area is 125 Å². The number of carbonyl (C=O) groups is 1. The molecule has 1 amide bonds. The van der Waals surface area contributed by atoms with E-state index in [1.54, 1.807) is 0 Å². The zero-order chi connectivity index (χ0) is 14.3. The van der Waals surface area contributed by atoms with Crippen molar-refractivity contribution >= 4 is 21.8 Å². The summed E-state index contributed by atoms with van der Waals surface area (Å²) >= 11 is 3.07. The molecule has 1 aromatic carbocycles. The highest BCUT2D eigenvalue weighted by Gasteiger charge is 2.51. The van der Waals surface area contributed by atoms with Crippen LogP contribution in [-0.2, 0) is 4.74 Å². The van der Waals surface area contributed by atoms with Gasteiger partial charge < -0.3 is 15.8 Å². The Kier molecular flexibility index (Phi) is 3.79. The molecule has 3 N–H and O–H groups in total. The molecule has 2 aliphatic rings. The summed E-state index contributed by atoms with van der Waals surface area (Å²) in [7, 11) is 0. The molecule has 108 valence electrons. The summed E-state index contributed by atoms with van der Waals surface area (Å²) in [5.74, 6) is -0.301. The predicted molar refractivity (Wildman–Crippen MR) is 75.8 cm³/mol. The predicted octanol–water partition coefficient (Wildman–Crippen LogP) is 1.82. The van der Waals surface area contributed by atoms with Crippen LogP contribution in [0, 0.1) is 11.7 Å². The lowest BCUT2D eigenvalue weighted by molar-refractivity contribution is -0.117. The van der Waals surface area contributed by atoms with Gasteiger partial charge in [0.2, 0.25) is 0 Å². The summed E-state index contributed by atoms with van der Waals surface area (Å²) in [5, 5.41) is 2.90. The Morgan fingerprint density at radius 3 is 3.05 bits per heavy atom. The molecule has 4 nitrogen and oxygen atoms in total. The lowest BCUT2D eigenvalue weighted by atomic mass is 9.68. The summed E-state index contributed by atoms with van der Waals surface area (Å²) in [5.41, 5.74) is 6.50. The minimum atomic E-state index is -0.391. The fourth-order valence-electron chi connectivity index (χ4n) is 3.00. The van der Waals surface area contributed by atoms with Crippen molar-refractivity contribution in [3.8, 4) is 0 Å². The van der Waals surface area contributed by atoms with Crippen LogP contribution >= 0.6 is 15.9 Å². The smallest absolute Gasteiger partial charge is 0.251 e. The molecule has 4 unspecified atom stereocenters. The van der Waals surface area contributed by atoms with Crippen LogP contribution in [-0.4, -0.2) is 30.7 Å². The lowest BCUT2D eigenvalue weighted by Crippen LogP contribution is -2.72. The third-order valence-corrected chi connectivity index (χ3v) is 4.76. The van der Waals surface area contributed by atoms with E-state index in [1.807, 2.05) is 0 Å². The first-order chi connectivity index (χ1) is 9.58. The number of hydrogen-bond donors (Lipinski definition) is 2. The van der Waals surface area contributed by atoms with Gasteiger partial charge >= 0.3 is 0 Å². The second-order valence-corrected chi connectivity index (χ2v) is 6.20. The van der Waals surface area contributed by atoms with Gasteiger partial charge in [0.25, 0.3) is 5.91 Å². The SMILES string of the molecule is NC1C2CCCOC2C1NC(=O)c1ccc(F)c(Br)c1. The van der Waals surface area contributed by atoms with Gasteiger partial charge in [0, 0.05) is 24.1 Å². The van der Waals surface area contributed by atoms with Crippen molar-refractivity contribution in [1.82, 2.24) is 5.32 Å². The summed E-state index contributed by atoms with van der Waals surface area (Å²) in [4.78, 5) is 12.2. The highest BCUT2D eigenvalue weighted by atomic mass is 79.9. The third kappa shape index (κ3) is 2.36. The minimum Gasteiger partial charge on any atom is -0.376 e. The van der Waals surface area contributed by atoms with E-state index in [4.69, 9.17) is 10.5 Å². The first kappa shape index (κ1) is 14.0. The summed E-state index contributed by atoms with van der Waals surface area (Å²) < 4.78 is 19.1. The van der Waals surface area contributed by atoms with Crippen molar-refractivity contribution in [2.45, 2.75) is 31.0 Å².